The van der Waals surface area contributed by atoms with Crippen LogP contribution in [0.1, 0.15) is 31.9 Å². The molecule has 0 radical (unpaired) electrons. The summed E-state index contributed by atoms with van der Waals surface area (Å²) < 4.78 is 37.4. The molecule has 0 aliphatic carbocycles. The van der Waals surface area contributed by atoms with Gasteiger partial charge < -0.3 is 5.73 Å². The summed E-state index contributed by atoms with van der Waals surface area (Å²) in [5.41, 5.74) is 5.87. The van der Waals surface area contributed by atoms with Crippen LogP contribution < -0.4 is 5.73 Å². The van der Waals surface area contributed by atoms with Crippen LogP contribution in [0.5, 0.6) is 0 Å². The van der Waals surface area contributed by atoms with Crippen LogP contribution in [0.15, 0.2) is 24.3 Å². The molecule has 0 aliphatic rings. The van der Waals surface area contributed by atoms with Gasteiger partial charge in [0.05, 0.1) is 11.2 Å². The third kappa shape index (κ3) is 4.21. The number of likely N-dealkylation sites (N-methyl/N-ethyl adjacent to an activating group) is 1. The van der Waals surface area contributed by atoms with Gasteiger partial charge in [-0.3, -0.25) is 4.90 Å². The molecular weight excluding hydrogens is 253 g/mol. The molecule has 1 unspecified atom stereocenters. The van der Waals surface area contributed by atoms with Gasteiger partial charge in [0.2, 0.25) is 0 Å². The second kappa shape index (κ2) is 5.92. The molecule has 0 heterocycles. The molecule has 0 saturated heterocycles. The van der Waals surface area contributed by atoms with Crippen LogP contribution in [0.4, 0.5) is 13.2 Å². The van der Waals surface area contributed by atoms with Gasteiger partial charge in [-0.2, -0.15) is 13.2 Å². The molecular formula is C14H21F3N2. The van der Waals surface area contributed by atoms with Crippen LogP contribution in [0.3, 0.4) is 0 Å². The van der Waals surface area contributed by atoms with Gasteiger partial charge >= 0.3 is 6.18 Å². The first-order valence-electron chi connectivity index (χ1n) is 6.40. The third-order valence-corrected chi connectivity index (χ3v) is 3.33. The third-order valence-electron chi connectivity index (χ3n) is 3.33. The molecule has 0 fully saturated rings. The fraction of sp³-hybridized carbons (Fsp3) is 0.571. The summed E-state index contributed by atoms with van der Waals surface area (Å²) in [7, 11) is 0. The van der Waals surface area contributed by atoms with E-state index in [2.05, 4.69) is 4.90 Å². The van der Waals surface area contributed by atoms with Crippen molar-refractivity contribution in [1.82, 2.24) is 4.90 Å². The normalized spacial score (nSPS) is 15.6. The molecule has 5 heteroatoms. The molecule has 108 valence electrons. The summed E-state index contributed by atoms with van der Waals surface area (Å²) in [6.07, 6.45) is -3.77. The molecule has 19 heavy (non-hydrogen) atoms. The highest BCUT2D eigenvalue weighted by molar-refractivity contribution is 5.25. The second-order valence-corrected chi connectivity index (χ2v) is 4.90. The summed E-state index contributed by atoms with van der Waals surface area (Å²) >= 11 is 0. The van der Waals surface area contributed by atoms with E-state index in [1.54, 1.807) is 0 Å². The SMILES string of the molecule is CCN(CC)C(C)(N)Cc1ccc(C(F)(F)F)cc1. The van der Waals surface area contributed by atoms with Crippen LogP contribution >= 0.6 is 0 Å². The molecule has 0 saturated carbocycles. The summed E-state index contributed by atoms with van der Waals surface area (Å²) in [4.78, 5) is 2.09. The summed E-state index contributed by atoms with van der Waals surface area (Å²) in [6, 6.07) is 5.20. The Hall–Kier alpha value is -1.07. The fourth-order valence-electron chi connectivity index (χ4n) is 2.28. The van der Waals surface area contributed by atoms with E-state index in [0.29, 0.717) is 6.42 Å². The van der Waals surface area contributed by atoms with Crippen molar-refractivity contribution in [3.05, 3.63) is 35.4 Å². The molecule has 0 bridgehead atoms. The minimum atomic E-state index is -4.29. The maximum Gasteiger partial charge on any atom is 0.416 e. The van der Waals surface area contributed by atoms with E-state index in [9.17, 15) is 13.2 Å². The highest BCUT2D eigenvalue weighted by Crippen LogP contribution is 2.29. The molecule has 2 N–H and O–H groups in total. The Labute approximate surface area is 112 Å². The Morgan fingerprint density at radius 2 is 1.53 bits per heavy atom. The van der Waals surface area contributed by atoms with E-state index >= 15 is 0 Å². The van der Waals surface area contributed by atoms with E-state index in [1.165, 1.54) is 12.1 Å². The van der Waals surface area contributed by atoms with Crippen LogP contribution in [-0.2, 0) is 12.6 Å². The number of alkyl halides is 3. The lowest BCUT2D eigenvalue weighted by Crippen LogP contribution is -2.55. The van der Waals surface area contributed by atoms with Gasteiger partial charge in [-0.05, 0) is 37.7 Å². The molecule has 2 nitrogen and oxygen atoms in total. The Bertz CT molecular complexity index is 392. The van der Waals surface area contributed by atoms with Crippen molar-refractivity contribution in [2.75, 3.05) is 13.1 Å². The van der Waals surface area contributed by atoms with Gasteiger partial charge in [0.15, 0.2) is 0 Å². The smallest absolute Gasteiger partial charge is 0.313 e. The lowest BCUT2D eigenvalue weighted by Gasteiger charge is -2.37. The quantitative estimate of drug-likeness (QED) is 0.835. The molecule has 1 rings (SSSR count). The number of nitrogens with two attached hydrogens (primary N) is 1. The zero-order valence-electron chi connectivity index (χ0n) is 11.6. The first kappa shape index (κ1) is 16.0. The monoisotopic (exact) mass is 274 g/mol. The zero-order chi connectivity index (χ0) is 14.7. The van der Waals surface area contributed by atoms with Crippen LogP contribution in [0.2, 0.25) is 0 Å². The van der Waals surface area contributed by atoms with Crippen molar-refractivity contribution < 1.29 is 13.2 Å². The zero-order valence-corrected chi connectivity index (χ0v) is 11.6. The van der Waals surface area contributed by atoms with E-state index in [0.717, 1.165) is 30.8 Å². The van der Waals surface area contributed by atoms with Crippen molar-refractivity contribution >= 4 is 0 Å². The average molecular weight is 274 g/mol. The number of hydrogen-bond donors (Lipinski definition) is 1. The predicted molar refractivity (Wildman–Crippen MR) is 70.7 cm³/mol. The Kier molecular flexibility index (Phi) is 4.98. The van der Waals surface area contributed by atoms with Crippen molar-refractivity contribution in [2.45, 2.75) is 39.0 Å². The van der Waals surface area contributed by atoms with Gasteiger partial charge in [0.25, 0.3) is 0 Å². The lowest BCUT2D eigenvalue weighted by molar-refractivity contribution is -0.137. The van der Waals surface area contributed by atoms with Crippen molar-refractivity contribution in [3.8, 4) is 0 Å². The Balaban J connectivity index is 2.83. The topological polar surface area (TPSA) is 29.3 Å². The summed E-state index contributed by atoms with van der Waals surface area (Å²) in [6.45, 7) is 7.55. The van der Waals surface area contributed by atoms with Gasteiger partial charge in [0, 0.05) is 6.42 Å². The molecule has 0 amide bonds. The number of halogens is 3. The van der Waals surface area contributed by atoms with Crippen LogP contribution in [-0.4, -0.2) is 23.7 Å². The standard InChI is InChI=1S/C14H21F3N2/c1-4-19(5-2)13(3,18)10-11-6-8-12(9-7-11)14(15,16)17/h6-9H,4-5,10,18H2,1-3H3. The highest BCUT2D eigenvalue weighted by Gasteiger charge is 2.30. The van der Waals surface area contributed by atoms with Crippen molar-refractivity contribution in [1.29, 1.82) is 0 Å². The number of hydrogen-bond acceptors (Lipinski definition) is 2. The Morgan fingerprint density at radius 3 is 1.89 bits per heavy atom. The lowest BCUT2D eigenvalue weighted by atomic mass is 9.99. The van der Waals surface area contributed by atoms with Crippen molar-refractivity contribution in [2.24, 2.45) is 5.73 Å². The van der Waals surface area contributed by atoms with Crippen molar-refractivity contribution in [3.63, 3.8) is 0 Å². The fourth-order valence-corrected chi connectivity index (χ4v) is 2.28. The van der Waals surface area contributed by atoms with Gasteiger partial charge in [-0.25, -0.2) is 0 Å². The summed E-state index contributed by atoms with van der Waals surface area (Å²) in [5, 5.41) is 0. The molecule has 0 aliphatic heterocycles. The minimum Gasteiger partial charge on any atom is -0.313 e. The van der Waals surface area contributed by atoms with E-state index in [4.69, 9.17) is 5.73 Å². The highest BCUT2D eigenvalue weighted by atomic mass is 19.4. The number of benzene rings is 1. The molecule has 1 aromatic carbocycles. The molecule has 0 aromatic heterocycles. The average Bonchev–Trinajstić information content (AvgIpc) is 2.29. The largest absolute Gasteiger partial charge is 0.416 e. The maximum absolute atomic E-state index is 12.5. The van der Waals surface area contributed by atoms with Gasteiger partial charge in [0.1, 0.15) is 0 Å². The van der Waals surface area contributed by atoms with E-state index < -0.39 is 17.4 Å². The van der Waals surface area contributed by atoms with Crippen LogP contribution in [0, 0.1) is 0 Å². The van der Waals surface area contributed by atoms with Gasteiger partial charge in [-0.15, -0.1) is 0 Å². The van der Waals surface area contributed by atoms with E-state index in [-0.39, 0.29) is 0 Å². The minimum absolute atomic E-state index is 0.521. The predicted octanol–water partition coefficient (Wildman–Crippen LogP) is 3.26. The number of nitrogens with zero attached hydrogens (tertiary/aromatic N) is 1. The second-order valence-electron chi connectivity index (χ2n) is 4.90. The first-order valence-corrected chi connectivity index (χ1v) is 6.40. The van der Waals surface area contributed by atoms with Crippen LogP contribution in [0.25, 0.3) is 0 Å². The Morgan fingerprint density at radius 1 is 1.05 bits per heavy atom. The molecule has 1 aromatic rings. The van der Waals surface area contributed by atoms with E-state index in [1.807, 2.05) is 20.8 Å². The maximum atomic E-state index is 12.5. The molecule has 1 atom stereocenters. The van der Waals surface area contributed by atoms with Gasteiger partial charge in [-0.1, -0.05) is 26.0 Å². The number of rotatable bonds is 5. The molecule has 0 spiro atoms. The summed E-state index contributed by atoms with van der Waals surface area (Å²) in [5.74, 6) is 0. The first-order chi connectivity index (χ1) is 8.70.